The van der Waals surface area contributed by atoms with Gasteiger partial charge < -0.3 is 15.0 Å². The average Bonchev–Trinajstić information content (AvgIpc) is 2.83. The van der Waals surface area contributed by atoms with Crippen LogP contribution in [0.5, 0.6) is 0 Å². The molecular formula is C14H25N3O2S. The van der Waals surface area contributed by atoms with Crippen LogP contribution in [0.1, 0.15) is 39.0 Å². The highest BCUT2D eigenvalue weighted by molar-refractivity contribution is 7.09. The Bertz CT molecular complexity index is 388. The molecule has 0 radical (unpaired) electrons. The second-order valence-corrected chi connectivity index (χ2v) is 6.58. The van der Waals surface area contributed by atoms with E-state index in [1.54, 1.807) is 16.2 Å². The van der Waals surface area contributed by atoms with Gasteiger partial charge in [-0.3, -0.25) is 4.98 Å². The van der Waals surface area contributed by atoms with Gasteiger partial charge in [0.1, 0.15) is 5.60 Å². The smallest absolute Gasteiger partial charge is 0.410 e. The van der Waals surface area contributed by atoms with Gasteiger partial charge in [0.05, 0.1) is 5.51 Å². The molecule has 0 saturated carbocycles. The molecule has 1 aromatic heterocycles. The van der Waals surface area contributed by atoms with Crippen molar-refractivity contribution in [3.05, 3.63) is 16.6 Å². The second-order valence-electron chi connectivity index (χ2n) is 5.61. The normalized spacial score (nSPS) is 11.4. The third kappa shape index (κ3) is 6.86. The average molecular weight is 299 g/mol. The standard InChI is InChI=1S/C14H25N3O2S/c1-5-7-17(13(18)19-14(2,3)4)8-6-15-9-12-10-16-11-20-12/h10-11,15H,5-9H2,1-4H3. The van der Waals surface area contributed by atoms with Crippen molar-refractivity contribution < 1.29 is 9.53 Å². The highest BCUT2D eigenvalue weighted by Gasteiger charge is 2.21. The van der Waals surface area contributed by atoms with Crippen LogP contribution in [-0.2, 0) is 11.3 Å². The molecule has 114 valence electrons. The Morgan fingerprint density at radius 3 is 2.75 bits per heavy atom. The number of hydrogen-bond acceptors (Lipinski definition) is 5. The zero-order valence-corrected chi connectivity index (χ0v) is 13.6. The summed E-state index contributed by atoms with van der Waals surface area (Å²) in [6.07, 6.45) is 2.54. The highest BCUT2D eigenvalue weighted by atomic mass is 32.1. The number of ether oxygens (including phenoxy) is 1. The fraction of sp³-hybridized carbons (Fsp3) is 0.714. The summed E-state index contributed by atoms with van der Waals surface area (Å²) in [6, 6.07) is 0. The minimum absolute atomic E-state index is 0.237. The molecule has 0 aliphatic rings. The van der Waals surface area contributed by atoms with Crippen LogP contribution in [-0.4, -0.2) is 41.2 Å². The fourth-order valence-corrected chi connectivity index (χ4v) is 2.21. The number of rotatable bonds is 7. The van der Waals surface area contributed by atoms with Crippen LogP contribution in [0.25, 0.3) is 0 Å². The van der Waals surface area contributed by atoms with Crippen LogP contribution in [0.15, 0.2) is 11.7 Å². The number of hydrogen-bond donors (Lipinski definition) is 1. The molecule has 0 aliphatic heterocycles. The van der Waals surface area contributed by atoms with Crippen molar-refractivity contribution >= 4 is 17.4 Å². The van der Waals surface area contributed by atoms with Crippen LogP contribution in [0.3, 0.4) is 0 Å². The largest absolute Gasteiger partial charge is 0.444 e. The molecular weight excluding hydrogens is 274 g/mol. The summed E-state index contributed by atoms with van der Waals surface area (Å²) in [6.45, 7) is 10.6. The van der Waals surface area contributed by atoms with Gasteiger partial charge in [-0.15, -0.1) is 11.3 Å². The molecule has 0 atom stereocenters. The van der Waals surface area contributed by atoms with Crippen molar-refractivity contribution in [3.63, 3.8) is 0 Å². The first-order chi connectivity index (χ1) is 9.42. The van der Waals surface area contributed by atoms with Crippen LogP contribution >= 0.6 is 11.3 Å². The van der Waals surface area contributed by atoms with Gasteiger partial charge in [0.2, 0.25) is 0 Å². The Hall–Kier alpha value is -1.14. The molecule has 6 heteroatoms. The number of nitrogens with one attached hydrogen (secondary N) is 1. The first-order valence-corrected chi connectivity index (χ1v) is 7.86. The number of carbonyl (C=O) groups is 1. The van der Waals surface area contributed by atoms with Gasteiger partial charge in [-0.2, -0.15) is 0 Å². The zero-order valence-electron chi connectivity index (χ0n) is 12.8. The van der Waals surface area contributed by atoms with E-state index in [0.717, 1.165) is 26.1 Å². The van der Waals surface area contributed by atoms with Gasteiger partial charge >= 0.3 is 6.09 Å². The van der Waals surface area contributed by atoms with Crippen molar-refractivity contribution in [1.29, 1.82) is 0 Å². The first-order valence-electron chi connectivity index (χ1n) is 6.98. The maximum atomic E-state index is 12.0. The van der Waals surface area contributed by atoms with E-state index in [2.05, 4.69) is 17.2 Å². The van der Waals surface area contributed by atoms with E-state index < -0.39 is 5.60 Å². The Kier molecular flexibility index (Phi) is 6.95. The predicted molar refractivity (Wildman–Crippen MR) is 81.9 cm³/mol. The minimum Gasteiger partial charge on any atom is -0.444 e. The quantitative estimate of drug-likeness (QED) is 0.787. The van der Waals surface area contributed by atoms with Crippen molar-refractivity contribution in [2.45, 2.75) is 46.3 Å². The molecule has 0 bridgehead atoms. The monoisotopic (exact) mass is 299 g/mol. The van der Waals surface area contributed by atoms with Crippen LogP contribution in [0, 0.1) is 0 Å². The molecule has 0 spiro atoms. The molecule has 1 rings (SSSR count). The van der Waals surface area contributed by atoms with Gasteiger partial charge in [0.15, 0.2) is 0 Å². The van der Waals surface area contributed by atoms with E-state index in [1.165, 1.54) is 4.88 Å². The lowest BCUT2D eigenvalue weighted by Gasteiger charge is -2.27. The number of nitrogens with zero attached hydrogens (tertiary/aromatic N) is 2. The molecule has 0 aliphatic carbocycles. The highest BCUT2D eigenvalue weighted by Crippen LogP contribution is 2.10. The molecule has 0 aromatic carbocycles. The molecule has 1 amide bonds. The SMILES string of the molecule is CCCN(CCNCc1cncs1)C(=O)OC(C)(C)C. The van der Waals surface area contributed by atoms with Crippen LogP contribution in [0.2, 0.25) is 0 Å². The Balaban J connectivity index is 2.32. The number of amides is 1. The first kappa shape index (κ1) is 16.9. The topological polar surface area (TPSA) is 54.5 Å². The lowest BCUT2D eigenvalue weighted by molar-refractivity contribution is 0.0252. The second kappa shape index (κ2) is 8.21. The molecule has 1 aromatic rings. The van der Waals surface area contributed by atoms with Crippen molar-refractivity contribution in [1.82, 2.24) is 15.2 Å². The van der Waals surface area contributed by atoms with Gasteiger partial charge in [-0.05, 0) is 27.2 Å². The fourth-order valence-electron chi connectivity index (χ4n) is 1.65. The van der Waals surface area contributed by atoms with Gasteiger partial charge in [0, 0.05) is 37.3 Å². The summed E-state index contributed by atoms with van der Waals surface area (Å²) in [5, 5.41) is 3.32. The summed E-state index contributed by atoms with van der Waals surface area (Å²) in [5.41, 5.74) is 1.38. The molecule has 1 N–H and O–H groups in total. The number of aromatic nitrogens is 1. The van der Waals surface area contributed by atoms with E-state index in [1.807, 2.05) is 32.5 Å². The molecule has 0 unspecified atom stereocenters. The lowest BCUT2D eigenvalue weighted by Crippen LogP contribution is -2.40. The van der Waals surface area contributed by atoms with E-state index in [4.69, 9.17) is 4.74 Å². The maximum absolute atomic E-state index is 12.0. The van der Waals surface area contributed by atoms with Crippen molar-refractivity contribution in [3.8, 4) is 0 Å². The van der Waals surface area contributed by atoms with Crippen molar-refractivity contribution in [2.75, 3.05) is 19.6 Å². The van der Waals surface area contributed by atoms with Crippen LogP contribution in [0.4, 0.5) is 4.79 Å². The zero-order chi connectivity index (χ0) is 15.0. The van der Waals surface area contributed by atoms with Crippen molar-refractivity contribution in [2.24, 2.45) is 0 Å². The van der Waals surface area contributed by atoms with Gasteiger partial charge in [-0.25, -0.2) is 4.79 Å². The third-order valence-corrected chi connectivity index (χ3v) is 3.27. The predicted octanol–water partition coefficient (Wildman–Crippen LogP) is 2.88. The molecule has 0 saturated heterocycles. The van der Waals surface area contributed by atoms with E-state index in [0.29, 0.717) is 6.54 Å². The Morgan fingerprint density at radius 2 is 2.20 bits per heavy atom. The molecule has 1 heterocycles. The van der Waals surface area contributed by atoms with E-state index in [-0.39, 0.29) is 6.09 Å². The number of carbonyl (C=O) groups excluding carboxylic acids is 1. The summed E-state index contributed by atoms with van der Waals surface area (Å²) in [7, 11) is 0. The molecule has 5 nitrogen and oxygen atoms in total. The van der Waals surface area contributed by atoms with Crippen LogP contribution < -0.4 is 5.32 Å². The lowest BCUT2D eigenvalue weighted by atomic mass is 10.2. The summed E-state index contributed by atoms with van der Waals surface area (Å²) in [5.74, 6) is 0. The Morgan fingerprint density at radius 1 is 1.45 bits per heavy atom. The van der Waals surface area contributed by atoms with E-state index in [9.17, 15) is 4.79 Å². The molecule has 20 heavy (non-hydrogen) atoms. The van der Waals surface area contributed by atoms with Gasteiger partial charge in [-0.1, -0.05) is 6.92 Å². The number of thiazole rings is 1. The summed E-state index contributed by atoms with van der Waals surface area (Å²) in [4.78, 5) is 19.0. The Labute approximate surface area is 125 Å². The van der Waals surface area contributed by atoms with E-state index >= 15 is 0 Å². The maximum Gasteiger partial charge on any atom is 0.410 e. The summed E-state index contributed by atoms with van der Waals surface area (Å²) >= 11 is 1.63. The minimum atomic E-state index is -0.445. The van der Waals surface area contributed by atoms with Gasteiger partial charge in [0.25, 0.3) is 0 Å². The molecule has 0 fully saturated rings. The third-order valence-electron chi connectivity index (χ3n) is 2.49. The summed E-state index contributed by atoms with van der Waals surface area (Å²) < 4.78 is 5.41.